The normalized spacial score (nSPS) is 15.4. The Morgan fingerprint density at radius 1 is 1.06 bits per heavy atom. The van der Waals surface area contributed by atoms with Crippen LogP contribution < -0.4 is 10.6 Å². The number of nitrogens with zero attached hydrogens (tertiary/aromatic N) is 1. The Morgan fingerprint density at radius 3 is 2.33 bits per heavy atom. The Labute approximate surface area is 200 Å². The smallest absolute Gasteiger partial charge is 0.253 e. The van der Waals surface area contributed by atoms with Gasteiger partial charge in [-0.15, -0.1) is 0 Å². The molecule has 2 aromatic carbocycles. The largest absolute Gasteiger partial charge is 0.352 e. The number of para-hydroxylation sites is 1. The summed E-state index contributed by atoms with van der Waals surface area (Å²) >= 11 is 5.87. The van der Waals surface area contributed by atoms with Crippen LogP contribution >= 0.6 is 11.6 Å². The lowest BCUT2D eigenvalue weighted by molar-refractivity contribution is -0.120. The van der Waals surface area contributed by atoms with Crippen molar-refractivity contribution in [3.63, 3.8) is 0 Å². The molecule has 0 saturated carbocycles. The van der Waals surface area contributed by atoms with Crippen LogP contribution in [0.15, 0.2) is 48.5 Å². The second-order valence-corrected chi connectivity index (χ2v) is 11.1. The Kier molecular flexibility index (Phi) is 8.51. The van der Waals surface area contributed by atoms with E-state index in [0.29, 0.717) is 47.1 Å². The van der Waals surface area contributed by atoms with Gasteiger partial charge in [0.15, 0.2) is 0 Å². The first-order chi connectivity index (χ1) is 15.7. The third kappa shape index (κ3) is 7.03. The van der Waals surface area contributed by atoms with Crippen molar-refractivity contribution in [2.75, 3.05) is 25.0 Å². The van der Waals surface area contributed by atoms with Gasteiger partial charge in [0.25, 0.3) is 5.91 Å². The maximum Gasteiger partial charge on any atom is 0.253 e. The lowest BCUT2D eigenvalue weighted by Gasteiger charge is -2.30. The zero-order valence-electron chi connectivity index (χ0n) is 18.9. The molecule has 1 saturated heterocycles. The van der Waals surface area contributed by atoms with E-state index < -0.39 is 10.0 Å². The number of hydrogen-bond acceptors (Lipinski definition) is 4. The first kappa shape index (κ1) is 25.2. The summed E-state index contributed by atoms with van der Waals surface area (Å²) < 4.78 is 27.0. The monoisotopic (exact) mass is 491 g/mol. The molecule has 2 N–H and O–H groups in total. The number of benzene rings is 2. The molecule has 33 heavy (non-hydrogen) atoms. The molecule has 9 heteroatoms. The minimum Gasteiger partial charge on any atom is -0.352 e. The van der Waals surface area contributed by atoms with Gasteiger partial charge in [0.1, 0.15) is 0 Å². The summed E-state index contributed by atoms with van der Waals surface area (Å²) in [6.45, 7) is 5.13. The van der Waals surface area contributed by atoms with Crippen LogP contribution in [0.5, 0.6) is 0 Å². The molecular weight excluding hydrogens is 462 g/mol. The van der Waals surface area contributed by atoms with Gasteiger partial charge in [-0.3, -0.25) is 9.59 Å². The number of nitrogens with one attached hydrogen (secondary N) is 2. The molecular formula is C24H30ClN3O4S. The zero-order chi connectivity index (χ0) is 24.0. The molecule has 0 aliphatic carbocycles. The summed E-state index contributed by atoms with van der Waals surface area (Å²) in [6, 6.07) is 13.6. The van der Waals surface area contributed by atoms with Crippen molar-refractivity contribution >= 4 is 39.1 Å². The van der Waals surface area contributed by atoms with Crippen LogP contribution in [0.25, 0.3) is 0 Å². The Balaban J connectivity index is 1.58. The van der Waals surface area contributed by atoms with E-state index in [4.69, 9.17) is 11.6 Å². The summed E-state index contributed by atoms with van der Waals surface area (Å²) in [5.74, 6) is -0.535. The third-order valence-electron chi connectivity index (χ3n) is 5.58. The van der Waals surface area contributed by atoms with Crippen molar-refractivity contribution < 1.29 is 18.0 Å². The molecule has 0 radical (unpaired) electrons. The number of carbonyl (C=O) groups excluding carboxylic acids is 2. The first-order valence-corrected chi connectivity index (χ1v) is 13.0. The molecule has 2 amide bonds. The fourth-order valence-corrected chi connectivity index (χ4v) is 5.39. The van der Waals surface area contributed by atoms with Crippen LogP contribution in [0.4, 0.5) is 5.69 Å². The third-order valence-corrected chi connectivity index (χ3v) is 7.68. The second kappa shape index (κ2) is 11.1. The minimum atomic E-state index is -3.48. The number of amides is 2. The lowest BCUT2D eigenvalue weighted by atomic mass is 9.97. The zero-order valence-corrected chi connectivity index (χ0v) is 20.5. The van der Waals surface area contributed by atoms with Gasteiger partial charge in [-0.2, -0.15) is 0 Å². The second-order valence-electron chi connectivity index (χ2n) is 8.69. The highest BCUT2D eigenvalue weighted by molar-refractivity contribution is 7.88. The first-order valence-electron chi connectivity index (χ1n) is 11.1. The van der Waals surface area contributed by atoms with E-state index in [0.717, 1.165) is 0 Å². The van der Waals surface area contributed by atoms with Crippen LogP contribution in [-0.2, 0) is 20.6 Å². The summed E-state index contributed by atoms with van der Waals surface area (Å²) in [6.07, 6.45) is 0.848. The molecule has 2 aromatic rings. The Hall–Kier alpha value is -2.42. The molecule has 1 aliphatic heterocycles. The number of halogens is 1. The van der Waals surface area contributed by atoms with Crippen molar-refractivity contribution in [1.82, 2.24) is 9.62 Å². The number of sulfonamides is 1. The van der Waals surface area contributed by atoms with E-state index in [-0.39, 0.29) is 36.6 Å². The van der Waals surface area contributed by atoms with Crippen LogP contribution in [-0.4, -0.2) is 44.2 Å². The van der Waals surface area contributed by atoms with Gasteiger partial charge in [-0.25, -0.2) is 12.7 Å². The number of carbonyl (C=O) groups is 2. The molecule has 1 heterocycles. The molecule has 0 spiro atoms. The average molecular weight is 492 g/mol. The highest BCUT2D eigenvalue weighted by atomic mass is 35.5. The van der Waals surface area contributed by atoms with Crippen LogP contribution in [0, 0.1) is 11.8 Å². The van der Waals surface area contributed by atoms with Gasteiger partial charge in [0, 0.05) is 30.6 Å². The van der Waals surface area contributed by atoms with Gasteiger partial charge < -0.3 is 10.6 Å². The number of hydrogen-bond donors (Lipinski definition) is 2. The average Bonchev–Trinajstić information content (AvgIpc) is 2.79. The van der Waals surface area contributed by atoms with E-state index in [9.17, 15) is 18.0 Å². The summed E-state index contributed by atoms with van der Waals surface area (Å²) in [4.78, 5) is 25.4. The van der Waals surface area contributed by atoms with Crippen molar-refractivity contribution in [2.24, 2.45) is 11.8 Å². The van der Waals surface area contributed by atoms with Crippen molar-refractivity contribution in [3.05, 3.63) is 64.7 Å². The topological polar surface area (TPSA) is 95.6 Å². The van der Waals surface area contributed by atoms with E-state index in [1.807, 2.05) is 13.8 Å². The summed E-state index contributed by atoms with van der Waals surface area (Å²) in [5, 5.41) is 6.29. The standard InChI is InChI=1S/C24H30ClN3O4S/c1-17(2)15-26-24(30)21-5-3-4-6-22(21)27-23(29)19-11-13-28(14-12-19)33(31,32)16-18-7-9-20(25)10-8-18/h3-10,17,19H,11-16H2,1-2H3,(H,26,30)(H,27,29). The van der Waals surface area contributed by atoms with Gasteiger partial charge in [0.2, 0.25) is 15.9 Å². The molecule has 0 atom stereocenters. The Morgan fingerprint density at radius 2 is 1.70 bits per heavy atom. The van der Waals surface area contributed by atoms with Crippen molar-refractivity contribution in [2.45, 2.75) is 32.4 Å². The molecule has 7 nitrogen and oxygen atoms in total. The molecule has 1 aliphatic rings. The summed E-state index contributed by atoms with van der Waals surface area (Å²) in [5.41, 5.74) is 1.54. The molecule has 0 unspecified atom stereocenters. The maximum absolute atomic E-state index is 12.9. The molecule has 0 bridgehead atoms. The van der Waals surface area contributed by atoms with Gasteiger partial charge in [-0.1, -0.05) is 49.7 Å². The van der Waals surface area contributed by atoms with E-state index in [2.05, 4.69) is 10.6 Å². The predicted octanol–water partition coefficient (Wildman–Crippen LogP) is 3.91. The quantitative estimate of drug-likeness (QED) is 0.585. The highest BCUT2D eigenvalue weighted by Gasteiger charge is 2.31. The number of rotatable bonds is 8. The molecule has 1 fully saturated rings. The lowest BCUT2D eigenvalue weighted by Crippen LogP contribution is -2.42. The fourth-order valence-electron chi connectivity index (χ4n) is 3.70. The molecule has 3 rings (SSSR count). The minimum absolute atomic E-state index is 0.0973. The van der Waals surface area contributed by atoms with Crippen LogP contribution in [0.3, 0.4) is 0 Å². The Bertz CT molecular complexity index is 1080. The van der Waals surface area contributed by atoms with Gasteiger partial charge in [-0.05, 0) is 48.6 Å². The molecule has 0 aromatic heterocycles. The van der Waals surface area contributed by atoms with E-state index in [1.165, 1.54) is 4.31 Å². The van der Waals surface area contributed by atoms with E-state index >= 15 is 0 Å². The SMILES string of the molecule is CC(C)CNC(=O)c1ccccc1NC(=O)C1CCN(S(=O)(=O)Cc2ccc(Cl)cc2)CC1. The van der Waals surface area contributed by atoms with Crippen LogP contribution in [0.2, 0.25) is 5.02 Å². The molecule has 178 valence electrons. The van der Waals surface area contributed by atoms with E-state index in [1.54, 1.807) is 48.5 Å². The van der Waals surface area contributed by atoms with Gasteiger partial charge in [0.05, 0.1) is 17.0 Å². The van der Waals surface area contributed by atoms with Crippen LogP contribution in [0.1, 0.15) is 42.6 Å². The van der Waals surface area contributed by atoms with Crippen molar-refractivity contribution in [1.29, 1.82) is 0 Å². The highest BCUT2D eigenvalue weighted by Crippen LogP contribution is 2.24. The van der Waals surface area contributed by atoms with Gasteiger partial charge >= 0.3 is 0 Å². The number of anilines is 1. The van der Waals surface area contributed by atoms with Crippen molar-refractivity contribution in [3.8, 4) is 0 Å². The number of piperidine rings is 1. The maximum atomic E-state index is 12.9. The predicted molar refractivity (Wildman–Crippen MR) is 131 cm³/mol. The summed E-state index contributed by atoms with van der Waals surface area (Å²) in [7, 11) is -3.48. The fraction of sp³-hybridized carbons (Fsp3) is 0.417.